The summed E-state index contributed by atoms with van der Waals surface area (Å²) in [6, 6.07) is 3.68. The van der Waals surface area contributed by atoms with Crippen molar-refractivity contribution < 1.29 is 14.2 Å². The van der Waals surface area contributed by atoms with Gasteiger partial charge in [-0.3, -0.25) is 10.1 Å². The highest BCUT2D eigenvalue weighted by Gasteiger charge is 2.17. The van der Waals surface area contributed by atoms with Crippen molar-refractivity contribution in [2.45, 2.75) is 26.9 Å². The highest BCUT2D eigenvalue weighted by molar-refractivity contribution is 5.80. The van der Waals surface area contributed by atoms with Gasteiger partial charge in [0.25, 0.3) is 5.69 Å². The molecular formula is C11H13FN2O3. The van der Waals surface area contributed by atoms with Crippen molar-refractivity contribution in [2.24, 2.45) is 5.16 Å². The Morgan fingerprint density at radius 2 is 2.29 bits per heavy atom. The molecule has 92 valence electrons. The Labute approximate surface area is 98.0 Å². The lowest BCUT2D eigenvalue weighted by Gasteiger charge is -2.03. The van der Waals surface area contributed by atoms with Gasteiger partial charge in [-0.15, -0.1) is 0 Å². The van der Waals surface area contributed by atoms with E-state index >= 15 is 0 Å². The largest absolute Gasteiger partial charge is 0.391 e. The van der Waals surface area contributed by atoms with Crippen molar-refractivity contribution >= 4 is 11.4 Å². The molecule has 0 aliphatic heterocycles. The van der Waals surface area contributed by atoms with Gasteiger partial charge in [-0.1, -0.05) is 18.1 Å². The molecule has 0 atom stereocenters. The number of hydrogen-bond acceptors (Lipinski definition) is 4. The van der Waals surface area contributed by atoms with Gasteiger partial charge in [-0.05, 0) is 19.4 Å². The average molecular weight is 240 g/mol. The molecule has 0 heterocycles. The number of nitro benzene ring substituents is 1. The first kappa shape index (κ1) is 13.1. The van der Waals surface area contributed by atoms with Crippen molar-refractivity contribution in [3.63, 3.8) is 0 Å². The zero-order valence-corrected chi connectivity index (χ0v) is 9.64. The van der Waals surface area contributed by atoms with Crippen LogP contribution in [0.25, 0.3) is 0 Å². The third-order valence-corrected chi connectivity index (χ3v) is 2.23. The summed E-state index contributed by atoms with van der Waals surface area (Å²) < 4.78 is 13.4. The van der Waals surface area contributed by atoms with E-state index in [9.17, 15) is 14.5 Å². The molecule has 5 nitrogen and oxygen atoms in total. The fraction of sp³-hybridized carbons (Fsp3) is 0.364. The van der Waals surface area contributed by atoms with Crippen LogP contribution >= 0.6 is 0 Å². The van der Waals surface area contributed by atoms with Crippen LogP contribution in [0, 0.1) is 15.9 Å². The zero-order chi connectivity index (χ0) is 12.8. The van der Waals surface area contributed by atoms with Crippen molar-refractivity contribution in [3.05, 3.63) is 39.7 Å². The number of rotatable bonds is 5. The molecule has 0 aliphatic carbocycles. The van der Waals surface area contributed by atoms with E-state index in [1.807, 2.05) is 6.92 Å². The van der Waals surface area contributed by atoms with Gasteiger partial charge in [0.15, 0.2) is 6.61 Å². The molecule has 17 heavy (non-hydrogen) atoms. The topological polar surface area (TPSA) is 64.7 Å². The van der Waals surface area contributed by atoms with Crippen LogP contribution in [0.3, 0.4) is 0 Å². The molecule has 0 spiro atoms. The summed E-state index contributed by atoms with van der Waals surface area (Å²) in [6.45, 7) is 3.41. The third kappa shape index (κ3) is 3.51. The Morgan fingerprint density at radius 3 is 2.88 bits per heavy atom. The normalized spacial score (nSPS) is 11.4. The first-order chi connectivity index (χ1) is 8.06. The Bertz CT molecular complexity index is 446. The van der Waals surface area contributed by atoms with Gasteiger partial charge in [0.05, 0.1) is 10.6 Å². The van der Waals surface area contributed by atoms with E-state index in [1.54, 1.807) is 6.92 Å². The molecule has 0 bridgehead atoms. The predicted octanol–water partition coefficient (Wildman–Crippen LogP) is 3.04. The second kappa shape index (κ2) is 5.93. The highest BCUT2D eigenvalue weighted by Crippen LogP contribution is 2.22. The molecule has 1 rings (SSSR count). The summed E-state index contributed by atoms with van der Waals surface area (Å²) in [5, 5.41) is 14.4. The maximum atomic E-state index is 13.4. The van der Waals surface area contributed by atoms with Crippen molar-refractivity contribution in [1.29, 1.82) is 0 Å². The molecule has 0 radical (unpaired) electrons. The molecule has 0 saturated carbocycles. The Kier molecular flexibility index (Phi) is 4.56. The quantitative estimate of drug-likeness (QED) is 0.451. The van der Waals surface area contributed by atoms with Crippen LogP contribution in [-0.2, 0) is 11.4 Å². The fourth-order valence-corrected chi connectivity index (χ4v) is 1.13. The van der Waals surface area contributed by atoms with Crippen LogP contribution in [0.15, 0.2) is 23.4 Å². The first-order valence-electron chi connectivity index (χ1n) is 5.13. The molecule has 0 saturated heterocycles. The minimum atomic E-state index is -0.663. The minimum absolute atomic E-state index is 0.0925. The molecular weight excluding hydrogens is 227 g/mol. The van der Waals surface area contributed by atoms with Crippen LogP contribution in [-0.4, -0.2) is 10.6 Å². The number of nitro groups is 1. The Hall–Kier alpha value is -1.98. The number of nitrogens with zero attached hydrogens (tertiary/aromatic N) is 2. The molecule has 0 unspecified atom stereocenters. The summed E-state index contributed by atoms with van der Waals surface area (Å²) in [5.41, 5.74) is 0.350. The summed E-state index contributed by atoms with van der Waals surface area (Å²) in [4.78, 5) is 14.9. The van der Waals surface area contributed by atoms with E-state index in [-0.39, 0.29) is 17.9 Å². The second-order valence-electron chi connectivity index (χ2n) is 3.45. The van der Waals surface area contributed by atoms with E-state index in [0.717, 1.165) is 11.8 Å². The monoisotopic (exact) mass is 240 g/mol. The minimum Gasteiger partial charge on any atom is -0.391 e. The van der Waals surface area contributed by atoms with Crippen LogP contribution in [0.5, 0.6) is 0 Å². The molecule has 0 aromatic heterocycles. The standard InChI is InChI=1S/C11H13FN2O3/c1-3-8(2)13-17-7-9-10(12)5-4-6-11(9)14(15)16/h4-6H,3,7H2,1-2H3. The lowest BCUT2D eigenvalue weighted by atomic mass is 10.2. The molecule has 0 aliphatic rings. The van der Waals surface area contributed by atoms with Crippen molar-refractivity contribution in [2.75, 3.05) is 0 Å². The van der Waals surface area contributed by atoms with Crippen LogP contribution in [0.2, 0.25) is 0 Å². The summed E-state index contributed by atoms with van der Waals surface area (Å²) in [5.74, 6) is -0.663. The SMILES string of the molecule is CCC(C)=NOCc1c(F)cccc1[N+](=O)[O-]. The zero-order valence-electron chi connectivity index (χ0n) is 9.64. The molecule has 0 amide bonds. The van der Waals surface area contributed by atoms with Crippen LogP contribution in [0.4, 0.5) is 10.1 Å². The van der Waals surface area contributed by atoms with Gasteiger partial charge in [0.1, 0.15) is 11.4 Å². The summed E-state index contributed by atoms with van der Waals surface area (Å²) >= 11 is 0. The maximum Gasteiger partial charge on any atom is 0.279 e. The molecule has 6 heteroatoms. The summed E-state index contributed by atoms with van der Waals surface area (Å²) in [7, 11) is 0. The van der Waals surface area contributed by atoms with Crippen LogP contribution in [0.1, 0.15) is 25.8 Å². The van der Waals surface area contributed by atoms with E-state index in [1.165, 1.54) is 12.1 Å². The fourth-order valence-electron chi connectivity index (χ4n) is 1.13. The number of halogens is 1. The van der Waals surface area contributed by atoms with Gasteiger partial charge >= 0.3 is 0 Å². The number of benzene rings is 1. The molecule has 1 aromatic rings. The maximum absolute atomic E-state index is 13.4. The number of oxime groups is 1. The third-order valence-electron chi connectivity index (χ3n) is 2.23. The van der Waals surface area contributed by atoms with Crippen molar-refractivity contribution in [3.8, 4) is 0 Å². The molecule has 0 N–H and O–H groups in total. The van der Waals surface area contributed by atoms with Gasteiger partial charge < -0.3 is 4.84 Å². The van der Waals surface area contributed by atoms with Crippen molar-refractivity contribution in [1.82, 2.24) is 0 Å². The average Bonchev–Trinajstić information content (AvgIpc) is 2.30. The molecule has 1 aromatic carbocycles. The Morgan fingerprint density at radius 1 is 1.59 bits per heavy atom. The molecule has 0 fully saturated rings. The Balaban J connectivity index is 2.86. The second-order valence-corrected chi connectivity index (χ2v) is 3.45. The lowest BCUT2D eigenvalue weighted by molar-refractivity contribution is -0.386. The smallest absolute Gasteiger partial charge is 0.279 e. The van der Waals surface area contributed by atoms with Gasteiger partial charge in [-0.25, -0.2) is 4.39 Å². The first-order valence-corrected chi connectivity index (χ1v) is 5.13. The van der Waals surface area contributed by atoms with Gasteiger partial charge in [0, 0.05) is 6.07 Å². The van der Waals surface area contributed by atoms with Gasteiger partial charge in [-0.2, -0.15) is 0 Å². The van der Waals surface area contributed by atoms with Crippen LogP contribution < -0.4 is 0 Å². The van der Waals surface area contributed by atoms with E-state index < -0.39 is 10.7 Å². The van der Waals surface area contributed by atoms with E-state index in [2.05, 4.69) is 5.16 Å². The number of hydrogen-bond donors (Lipinski definition) is 0. The van der Waals surface area contributed by atoms with E-state index in [4.69, 9.17) is 4.84 Å². The predicted molar refractivity (Wildman–Crippen MR) is 61.2 cm³/mol. The summed E-state index contributed by atoms with van der Waals surface area (Å²) in [6.07, 6.45) is 0.708. The van der Waals surface area contributed by atoms with Gasteiger partial charge in [0.2, 0.25) is 0 Å². The highest BCUT2D eigenvalue weighted by atomic mass is 19.1. The lowest BCUT2D eigenvalue weighted by Crippen LogP contribution is -2.00. The van der Waals surface area contributed by atoms with E-state index in [0.29, 0.717) is 6.42 Å².